The maximum atomic E-state index is 6.13. The van der Waals surface area contributed by atoms with E-state index in [2.05, 4.69) is 129 Å². The van der Waals surface area contributed by atoms with E-state index in [1.807, 2.05) is 13.8 Å². The van der Waals surface area contributed by atoms with E-state index >= 15 is 0 Å². The van der Waals surface area contributed by atoms with Crippen molar-refractivity contribution in [2.75, 3.05) is 13.2 Å². The van der Waals surface area contributed by atoms with Gasteiger partial charge in [0.1, 0.15) is 0 Å². The lowest BCUT2D eigenvalue weighted by atomic mass is 10.0. The highest BCUT2D eigenvalue weighted by atomic mass is 79.9. The molecule has 34 heavy (non-hydrogen) atoms. The average molecular weight is 578 g/mol. The van der Waals surface area contributed by atoms with E-state index < -0.39 is 0 Å². The van der Waals surface area contributed by atoms with Crippen LogP contribution in [0.25, 0.3) is 33.8 Å². The molecule has 4 rings (SSSR count). The second-order valence-electron chi connectivity index (χ2n) is 7.69. The minimum atomic E-state index is 0.553. The molecule has 2 nitrogen and oxygen atoms in total. The summed E-state index contributed by atoms with van der Waals surface area (Å²) < 4.78 is 14.4. The number of hydrogen-bond acceptors (Lipinski definition) is 2. The minimum absolute atomic E-state index is 0.553. The second-order valence-corrected chi connectivity index (χ2v) is 9.52. The zero-order valence-electron chi connectivity index (χ0n) is 19.2. The van der Waals surface area contributed by atoms with Crippen LogP contribution in [0.15, 0.2) is 106 Å². The van der Waals surface area contributed by atoms with Crippen LogP contribution < -0.4 is 0 Å². The van der Waals surface area contributed by atoms with Crippen LogP contribution in [-0.2, 0) is 9.47 Å². The molecule has 0 aliphatic carbocycles. The Balaban J connectivity index is 1.70. The van der Waals surface area contributed by atoms with Gasteiger partial charge in [-0.1, -0.05) is 105 Å². The van der Waals surface area contributed by atoms with Crippen LogP contribution in [-0.4, -0.2) is 13.2 Å². The van der Waals surface area contributed by atoms with Gasteiger partial charge in [0.15, 0.2) is 11.5 Å². The van der Waals surface area contributed by atoms with E-state index in [1.165, 1.54) is 11.1 Å². The zero-order chi connectivity index (χ0) is 23.9. The fourth-order valence-electron chi connectivity index (χ4n) is 3.76. The standard InChI is InChI=1S/C30H26Br2O2/c1-3-33-29(25-9-5-21(6-10-25)23-13-17-27(31)18-14-23)30(34-4-2)26-11-7-22(8-12-26)24-15-19-28(32)20-16-24/h5-20H,3-4H2,1-2H3/b30-29+. The van der Waals surface area contributed by atoms with Crippen molar-refractivity contribution in [3.8, 4) is 22.3 Å². The van der Waals surface area contributed by atoms with Crippen LogP contribution in [0.3, 0.4) is 0 Å². The van der Waals surface area contributed by atoms with Gasteiger partial charge in [-0.15, -0.1) is 0 Å². The van der Waals surface area contributed by atoms with Gasteiger partial charge >= 0.3 is 0 Å². The first kappa shape index (κ1) is 24.3. The monoisotopic (exact) mass is 576 g/mol. The van der Waals surface area contributed by atoms with Crippen molar-refractivity contribution in [1.82, 2.24) is 0 Å². The van der Waals surface area contributed by atoms with Gasteiger partial charge in [-0.2, -0.15) is 0 Å². The van der Waals surface area contributed by atoms with Crippen LogP contribution >= 0.6 is 31.9 Å². The topological polar surface area (TPSA) is 18.5 Å². The van der Waals surface area contributed by atoms with Gasteiger partial charge in [-0.05, 0) is 60.4 Å². The molecule has 0 saturated carbocycles. The number of rotatable bonds is 8. The summed E-state index contributed by atoms with van der Waals surface area (Å²) in [4.78, 5) is 0. The van der Waals surface area contributed by atoms with Crippen LogP contribution in [0.5, 0.6) is 0 Å². The minimum Gasteiger partial charge on any atom is -0.489 e. The largest absolute Gasteiger partial charge is 0.489 e. The molecule has 0 spiro atoms. The van der Waals surface area contributed by atoms with E-state index in [0.29, 0.717) is 13.2 Å². The summed E-state index contributed by atoms with van der Waals surface area (Å²) in [6.45, 7) is 5.10. The van der Waals surface area contributed by atoms with Crippen molar-refractivity contribution >= 4 is 43.4 Å². The zero-order valence-corrected chi connectivity index (χ0v) is 22.4. The first-order chi connectivity index (χ1) is 16.6. The van der Waals surface area contributed by atoms with Gasteiger partial charge in [0.05, 0.1) is 13.2 Å². The Hall–Kier alpha value is -2.82. The Kier molecular flexibility index (Phi) is 8.25. The van der Waals surface area contributed by atoms with Gasteiger partial charge in [-0.25, -0.2) is 0 Å². The molecule has 0 amide bonds. The van der Waals surface area contributed by atoms with Crippen molar-refractivity contribution in [2.24, 2.45) is 0 Å². The average Bonchev–Trinajstić information content (AvgIpc) is 2.87. The highest BCUT2D eigenvalue weighted by Gasteiger charge is 2.15. The molecule has 0 bridgehead atoms. The molecule has 0 saturated heterocycles. The molecule has 0 heterocycles. The van der Waals surface area contributed by atoms with Crippen LogP contribution in [0.4, 0.5) is 0 Å². The Morgan fingerprint density at radius 2 is 0.735 bits per heavy atom. The molecule has 0 aliphatic heterocycles. The molecule has 0 N–H and O–H groups in total. The van der Waals surface area contributed by atoms with E-state index in [0.717, 1.165) is 42.7 Å². The lowest BCUT2D eigenvalue weighted by Crippen LogP contribution is -2.01. The van der Waals surface area contributed by atoms with Crippen molar-refractivity contribution in [3.63, 3.8) is 0 Å². The smallest absolute Gasteiger partial charge is 0.168 e. The summed E-state index contributed by atoms with van der Waals surface area (Å²) in [6, 6.07) is 33.5. The molecule has 0 atom stereocenters. The maximum absolute atomic E-state index is 6.13. The molecule has 0 aromatic heterocycles. The third kappa shape index (κ3) is 5.81. The van der Waals surface area contributed by atoms with Crippen LogP contribution in [0, 0.1) is 0 Å². The lowest BCUT2D eigenvalue weighted by molar-refractivity contribution is 0.261. The fraction of sp³-hybridized carbons (Fsp3) is 0.133. The summed E-state index contributed by atoms with van der Waals surface area (Å²) in [5.74, 6) is 1.51. The van der Waals surface area contributed by atoms with Crippen molar-refractivity contribution < 1.29 is 9.47 Å². The van der Waals surface area contributed by atoms with Gasteiger partial charge in [0.2, 0.25) is 0 Å². The summed E-state index contributed by atoms with van der Waals surface area (Å²) in [5, 5.41) is 0. The lowest BCUT2D eigenvalue weighted by Gasteiger charge is -2.17. The van der Waals surface area contributed by atoms with Gasteiger partial charge in [-0.3, -0.25) is 0 Å². The van der Waals surface area contributed by atoms with E-state index in [4.69, 9.17) is 9.47 Å². The van der Waals surface area contributed by atoms with Gasteiger partial charge in [0.25, 0.3) is 0 Å². The summed E-state index contributed by atoms with van der Waals surface area (Å²) in [7, 11) is 0. The summed E-state index contributed by atoms with van der Waals surface area (Å²) in [5.41, 5.74) is 6.63. The molecule has 0 radical (unpaired) electrons. The molecular formula is C30H26Br2O2. The normalized spacial score (nSPS) is 11.6. The van der Waals surface area contributed by atoms with E-state index in [1.54, 1.807) is 0 Å². The SMILES string of the molecule is CCO/C(=C(/OCC)c1ccc(-c2ccc(Br)cc2)cc1)c1ccc(-c2ccc(Br)cc2)cc1. The Morgan fingerprint density at radius 3 is 1.00 bits per heavy atom. The van der Waals surface area contributed by atoms with Crippen LogP contribution in [0.2, 0.25) is 0 Å². The van der Waals surface area contributed by atoms with Crippen LogP contribution in [0.1, 0.15) is 25.0 Å². The third-order valence-corrected chi connectivity index (χ3v) is 6.49. The predicted molar refractivity (Wildman–Crippen MR) is 149 cm³/mol. The molecule has 0 fully saturated rings. The molecule has 0 aliphatic rings. The first-order valence-electron chi connectivity index (χ1n) is 11.3. The quantitative estimate of drug-likeness (QED) is 0.153. The molecular weight excluding hydrogens is 552 g/mol. The summed E-state index contributed by atoms with van der Waals surface area (Å²) in [6.07, 6.45) is 0. The fourth-order valence-corrected chi connectivity index (χ4v) is 4.29. The van der Waals surface area contributed by atoms with Gasteiger partial charge < -0.3 is 9.47 Å². The van der Waals surface area contributed by atoms with Crippen molar-refractivity contribution in [2.45, 2.75) is 13.8 Å². The predicted octanol–water partition coefficient (Wildman–Crippen LogP) is 9.44. The molecule has 4 heteroatoms. The van der Waals surface area contributed by atoms with Crippen molar-refractivity contribution in [3.05, 3.63) is 117 Å². The molecule has 4 aromatic rings. The second kappa shape index (κ2) is 11.5. The Morgan fingerprint density at radius 1 is 0.471 bits per heavy atom. The summed E-state index contributed by atoms with van der Waals surface area (Å²) >= 11 is 7.00. The first-order valence-corrected chi connectivity index (χ1v) is 12.9. The highest BCUT2D eigenvalue weighted by Crippen LogP contribution is 2.32. The molecule has 0 unspecified atom stereocenters. The maximum Gasteiger partial charge on any atom is 0.168 e. The van der Waals surface area contributed by atoms with E-state index in [-0.39, 0.29) is 0 Å². The number of ether oxygens (including phenoxy) is 2. The van der Waals surface area contributed by atoms with Crippen molar-refractivity contribution in [1.29, 1.82) is 0 Å². The molecule has 4 aromatic carbocycles. The van der Waals surface area contributed by atoms with Gasteiger partial charge in [0, 0.05) is 20.1 Å². The molecule has 172 valence electrons. The number of halogens is 2. The number of hydrogen-bond donors (Lipinski definition) is 0. The Labute approximate surface area is 218 Å². The van der Waals surface area contributed by atoms with E-state index in [9.17, 15) is 0 Å². The highest BCUT2D eigenvalue weighted by molar-refractivity contribution is 9.10. The Bertz CT molecular complexity index is 1140. The third-order valence-electron chi connectivity index (χ3n) is 5.43. The number of benzene rings is 4.